The van der Waals surface area contributed by atoms with Crippen molar-refractivity contribution in [2.24, 2.45) is 5.10 Å². The number of fused-ring (bicyclic) bond motifs is 1. The van der Waals surface area contributed by atoms with Gasteiger partial charge in [0.1, 0.15) is 5.75 Å². The van der Waals surface area contributed by atoms with Crippen LogP contribution in [0.25, 0.3) is 0 Å². The maximum atomic E-state index is 12.0. The number of benzene rings is 2. The summed E-state index contributed by atoms with van der Waals surface area (Å²) in [5.74, 6) is 0.135. The van der Waals surface area contributed by atoms with Crippen LogP contribution in [0.3, 0.4) is 0 Å². The number of aliphatic carboxylic acids is 1. The van der Waals surface area contributed by atoms with Gasteiger partial charge in [-0.1, -0.05) is 0 Å². The highest BCUT2D eigenvalue weighted by molar-refractivity contribution is 5.95. The zero-order valence-corrected chi connectivity index (χ0v) is 13.0. The molecule has 0 unspecified atom stereocenters. The van der Waals surface area contributed by atoms with Crippen molar-refractivity contribution in [2.75, 3.05) is 13.4 Å². The predicted molar refractivity (Wildman–Crippen MR) is 87.2 cm³/mol. The molecule has 0 radical (unpaired) electrons. The third kappa shape index (κ3) is 4.25. The summed E-state index contributed by atoms with van der Waals surface area (Å²) in [6, 6.07) is 11.5. The van der Waals surface area contributed by atoms with Gasteiger partial charge in [0.2, 0.25) is 6.79 Å². The number of carboxylic acids is 1. The van der Waals surface area contributed by atoms with E-state index in [4.69, 9.17) is 19.3 Å². The minimum Gasteiger partial charge on any atom is -0.482 e. The topological polar surface area (TPSA) is 106 Å². The Labute approximate surface area is 142 Å². The van der Waals surface area contributed by atoms with Crippen LogP contribution < -0.4 is 19.6 Å². The molecule has 25 heavy (non-hydrogen) atoms. The van der Waals surface area contributed by atoms with Crippen molar-refractivity contribution >= 4 is 18.1 Å². The van der Waals surface area contributed by atoms with Crippen LogP contribution in [0.4, 0.5) is 0 Å². The highest BCUT2D eigenvalue weighted by atomic mass is 16.7. The molecule has 0 atom stereocenters. The molecule has 0 saturated carbocycles. The molecule has 2 N–H and O–H groups in total. The number of rotatable bonds is 6. The number of nitrogens with zero attached hydrogens (tertiary/aromatic N) is 1. The summed E-state index contributed by atoms with van der Waals surface area (Å²) in [6.45, 7) is -0.260. The first kappa shape index (κ1) is 16.3. The van der Waals surface area contributed by atoms with Gasteiger partial charge in [-0.3, -0.25) is 4.79 Å². The molecule has 2 aromatic carbocycles. The minimum absolute atomic E-state index is 0.144. The van der Waals surface area contributed by atoms with E-state index in [0.29, 0.717) is 28.4 Å². The quantitative estimate of drug-likeness (QED) is 0.611. The van der Waals surface area contributed by atoms with Crippen LogP contribution in [0.15, 0.2) is 47.6 Å². The molecule has 1 aliphatic rings. The van der Waals surface area contributed by atoms with E-state index < -0.39 is 12.6 Å². The van der Waals surface area contributed by atoms with Crippen molar-refractivity contribution in [1.82, 2.24) is 5.43 Å². The second-order valence-corrected chi connectivity index (χ2v) is 5.02. The zero-order valence-electron chi connectivity index (χ0n) is 13.0. The fourth-order valence-electron chi connectivity index (χ4n) is 2.06. The molecule has 8 nitrogen and oxygen atoms in total. The van der Waals surface area contributed by atoms with Gasteiger partial charge < -0.3 is 19.3 Å². The number of nitrogens with one attached hydrogen (secondary N) is 1. The Hall–Kier alpha value is -3.55. The first-order valence-corrected chi connectivity index (χ1v) is 7.29. The van der Waals surface area contributed by atoms with E-state index >= 15 is 0 Å². The van der Waals surface area contributed by atoms with E-state index in [0.717, 1.165) is 0 Å². The van der Waals surface area contributed by atoms with Crippen LogP contribution >= 0.6 is 0 Å². The van der Waals surface area contributed by atoms with Crippen molar-refractivity contribution in [3.05, 3.63) is 53.6 Å². The zero-order chi connectivity index (χ0) is 17.6. The number of carbonyl (C=O) groups is 2. The van der Waals surface area contributed by atoms with Gasteiger partial charge in [0, 0.05) is 5.56 Å². The Morgan fingerprint density at radius 2 is 1.92 bits per heavy atom. The fraction of sp³-hybridized carbons (Fsp3) is 0.118. The van der Waals surface area contributed by atoms with Crippen molar-refractivity contribution in [1.29, 1.82) is 0 Å². The molecule has 0 spiro atoms. The number of ether oxygens (including phenoxy) is 3. The van der Waals surface area contributed by atoms with E-state index in [-0.39, 0.29) is 12.7 Å². The number of hydrazone groups is 1. The monoisotopic (exact) mass is 342 g/mol. The van der Waals surface area contributed by atoms with Crippen LogP contribution in [-0.4, -0.2) is 36.6 Å². The lowest BCUT2D eigenvalue weighted by Crippen LogP contribution is -2.17. The van der Waals surface area contributed by atoms with Crippen molar-refractivity contribution in [3.8, 4) is 17.2 Å². The van der Waals surface area contributed by atoms with E-state index in [2.05, 4.69) is 10.5 Å². The summed E-state index contributed by atoms with van der Waals surface area (Å²) in [6.07, 6.45) is 1.46. The smallest absolute Gasteiger partial charge is 0.341 e. The van der Waals surface area contributed by atoms with Crippen molar-refractivity contribution in [3.63, 3.8) is 0 Å². The lowest BCUT2D eigenvalue weighted by molar-refractivity contribution is -0.139. The van der Waals surface area contributed by atoms with Crippen LogP contribution in [0, 0.1) is 0 Å². The largest absolute Gasteiger partial charge is 0.482 e. The first-order chi connectivity index (χ1) is 12.1. The molecular weight excluding hydrogens is 328 g/mol. The normalized spacial score (nSPS) is 12.2. The van der Waals surface area contributed by atoms with Crippen LogP contribution in [0.5, 0.6) is 17.2 Å². The second kappa shape index (κ2) is 7.35. The van der Waals surface area contributed by atoms with Crippen molar-refractivity contribution < 1.29 is 28.9 Å². The second-order valence-electron chi connectivity index (χ2n) is 5.02. The van der Waals surface area contributed by atoms with E-state index in [1.54, 1.807) is 42.5 Å². The van der Waals surface area contributed by atoms with Gasteiger partial charge in [-0.25, -0.2) is 10.2 Å². The Morgan fingerprint density at radius 1 is 1.16 bits per heavy atom. The van der Waals surface area contributed by atoms with Gasteiger partial charge in [-0.15, -0.1) is 0 Å². The Bertz CT molecular complexity index is 816. The Kier molecular flexibility index (Phi) is 4.79. The third-order valence-electron chi connectivity index (χ3n) is 3.26. The molecular formula is C17H14N2O6. The summed E-state index contributed by atoms with van der Waals surface area (Å²) < 4.78 is 15.4. The Morgan fingerprint density at radius 3 is 2.68 bits per heavy atom. The maximum absolute atomic E-state index is 12.0. The third-order valence-corrected chi connectivity index (χ3v) is 3.26. The van der Waals surface area contributed by atoms with Gasteiger partial charge >= 0.3 is 5.97 Å². The molecule has 3 rings (SSSR count). The van der Waals surface area contributed by atoms with Crippen molar-refractivity contribution in [2.45, 2.75) is 0 Å². The molecule has 0 bridgehead atoms. The maximum Gasteiger partial charge on any atom is 0.341 e. The van der Waals surface area contributed by atoms with Crippen LogP contribution in [-0.2, 0) is 4.79 Å². The molecule has 0 fully saturated rings. The molecule has 1 amide bonds. The number of carbonyl (C=O) groups excluding carboxylic acids is 1. The van der Waals surface area contributed by atoms with Gasteiger partial charge in [-0.2, -0.15) is 5.10 Å². The lowest BCUT2D eigenvalue weighted by Gasteiger charge is -2.03. The predicted octanol–water partition coefficient (Wildman–Crippen LogP) is 1.64. The highest BCUT2D eigenvalue weighted by Gasteiger charge is 2.15. The van der Waals surface area contributed by atoms with Gasteiger partial charge in [0.25, 0.3) is 5.91 Å². The Balaban J connectivity index is 1.55. The van der Waals surface area contributed by atoms with Gasteiger partial charge in [0.05, 0.1) is 6.21 Å². The van der Waals surface area contributed by atoms with E-state index in [1.165, 1.54) is 6.21 Å². The molecule has 8 heteroatoms. The molecule has 1 aliphatic heterocycles. The van der Waals surface area contributed by atoms with Gasteiger partial charge in [-0.05, 0) is 48.0 Å². The van der Waals surface area contributed by atoms with Crippen LogP contribution in [0.1, 0.15) is 15.9 Å². The number of hydrogen-bond acceptors (Lipinski definition) is 6. The summed E-state index contributed by atoms with van der Waals surface area (Å²) in [5.41, 5.74) is 3.54. The molecule has 0 aromatic heterocycles. The molecule has 128 valence electrons. The SMILES string of the molecule is O=C(O)COc1ccc(/C=N/NC(=O)c2ccc3c(c2)OCO3)cc1. The fourth-order valence-corrected chi connectivity index (χ4v) is 2.06. The van der Waals surface area contributed by atoms with E-state index in [1.807, 2.05) is 0 Å². The molecule has 0 saturated heterocycles. The van der Waals surface area contributed by atoms with Crippen LogP contribution in [0.2, 0.25) is 0 Å². The summed E-state index contributed by atoms with van der Waals surface area (Å²) in [5, 5.41) is 12.4. The average Bonchev–Trinajstić information content (AvgIpc) is 3.08. The minimum atomic E-state index is -1.04. The summed E-state index contributed by atoms with van der Waals surface area (Å²) >= 11 is 0. The number of hydrogen-bond donors (Lipinski definition) is 2. The molecule has 2 aromatic rings. The average molecular weight is 342 g/mol. The molecule has 1 heterocycles. The van der Waals surface area contributed by atoms with Gasteiger partial charge in [0.15, 0.2) is 18.1 Å². The summed E-state index contributed by atoms with van der Waals surface area (Å²) in [7, 11) is 0. The summed E-state index contributed by atoms with van der Waals surface area (Å²) in [4.78, 5) is 22.5. The highest BCUT2D eigenvalue weighted by Crippen LogP contribution is 2.32. The number of carboxylic acid groups (broad SMARTS) is 1. The molecule has 0 aliphatic carbocycles. The standard InChI is InChI=1S/C17H14N2O6/c20-16(21)9-23-13-4-1-11(2-5-13)8-18-19-17(22)12-3-6-14-15(7-12)25-10-24-14/h1-8H,9-10H2,(H,19,22)(H,20,21)/b18-8+. The number of amides is 1. The van der Waals surface area contributed by atoms with E-state index in [9.17, 15) is 9.59 Å². The lowest BCUT2D eigenvalue weighted by atomic mass is 10.2. The first-order valence-electron chi connectivity index (χ1n) is 7.29.